The number of nitrogens with one attached hydrogen (secondary N) is 1. The summed E-state index contributed by atoms with van der Waals surface area (Å²) < 4.78 is 0. The van der Waals surface area contributed by atoms with Gasteiger partial charge in [-0.25, -0.2) is 4.98 Å². The predicted octanol–water partition coefficient (Wildman–Crippen LogP) is 2.84. The molecule has 1 saturated heterocycles. The molecule has 1 aromatic carbocycles. The molecule has 7 heteroatoms. The summed E-state index contributed by atoms with van der Waals surface area (Å²) in [6, 6.07) is 10.7. The van der Waals surface area contributed by atoms with Crippen LogP contribution >= 0.6 is 11.3 Å². The second-order valence-corrected chi connectivity index (χ2v) is 7.05. The number of carbonyl (C=O) groups is 2. The maximum absolute atomic E-state index is 12.6. The molecule has 0 saturated carbocycles. The smallest absolute Gasteiger partial charge is 0.273 e. The molecule has 3 rings (SSSR count). The number of nitrogens with zero attached hydrogens (tertiary/aromatic N) is 3. The molecule has 0 aliphatic carbocycles. The Bertz CT molecular complexity index is 739. The van der Waals surface area contributed by atoms with Gasteiger partial charge in [0.2, 0.25) is 5.91 Å². The molecule has 1 aliphatic heterocycles. The molecule has 1 fully saturated rings. The highest BCUT2D eigenvalue weighted by molar-refractivity contribution is 7.14. The fraction of sp³-hybridized carbons (Fsp3) is 0.389. The molecule has 0 spiro atoms. The van der Waals surface area contributed by atoms with Crippen molar-refractivity contribution < 1.29 is 9.59 Å². The van der Waals surface area contributed by atoms with E-state index in [2.05, 4.69) is 34.4 Å². The molecular weight excluding hydrogens is 336 g/mol. The van der Waals surface area contributed by atoms with E-state index in [1.165, 1.54) is 23.9 Å². The third-order valence-electron chi connectivity index (χ3n) is 4.47. The first-order valence-corrected chi connectivity index (χ1v) is 9.23. The van der Waals surface area contributed by atoms with E-state index in [9.17, 15) is 9.59 Å². The summed E-state index contributed by atoms with van der Waals surface area (Å²) in [6.07, 6.45) is 1.86. The highest BCUT2D eigenvalue weighted by Crippen LogP contribution is 2.23. The molecule has 25 heavy (non-hydrogen) atoms. The third kappa shape index (κ3) is 4.17. The van der Waals surface area contributed by atoms with Gasteiger partial charge in [-0.3, -0.25) is 9.59 Å². The van der Waals surface area contributed by atoms with Gasteiger partial charge in [-0.1, -0.05) is 18.2 Å². The zero-order valence-electron chi connectivity index (χ0n) is 14.4. The summed E-state index contributed by atoms with van der Waals surface area (Å²) in [5, 5.41) is 4.79. The molecule has 132 valence electrons. The van der Waals surface area contributed by atoms with E-state index in [1.807, 2.05) is 23.1 Å². The van der Waals surface area contributed by atoms with Crippen LogP contribution in [0.3, 0.4) is 0 Å². The first kappa shape index (κ1) is 17.4. The molecule has 1 aliphatic rings. The highest BCUT2D eigenvalue weighted by atomic mass is 32.1. The molecule has 6 nitrogen and oxygen atoms in total. The van der Waals surface area contributed by atoms with Gasteiger partial charge < -0.3 is 15.1 Å². The number of anilines is 2. The number of amides is 2. The maximum atomic E-state index is 12.6. The molecule has 1 aromatic heterocycles. The van der Waals surface area contributed by atoms with Crippen molar-refractivity contribution in [1.82, 2.24) is 9.88 Å². The molecule has 0 radical (unpaired) electrons. The van der Waals surface area contributed by atoms with Gasteiger partial charge in [-0.15, -0.1) is 11.3 Å². The van der Waals surface area contributed by atoms with Crippen LogP contribution in [0, 0.1) is 0 Å². The Morgan fingerprint density at radius 3 is 2.56 bits per heavy atom. The second-order valence-electron chi connectivity index (χ2n) is 6.19. The lowest BCUT2D eigenvalue weighted by Crippen LogP contribution is -2.45. The SMILES string of the molecule is CC(=O)Nc1nc(C(=O)N2CCC(N(C)c3ccccc3)CC2)cs1. The van der Waals surface area contributed by atoms with Gasteiger partial charge in [-0.05, 0) is 25.0 Å². The predicted molar refractivity (Wildman–Crippen MR) is 100 cm³/mol. The summed E-state index contributed by atoms with van der Waals surface area (Å²) in [4.78, 5) is 32.0. The van der Waals surface area contributed by atoms with Crippen molar-refractivity contribution in [3.8, 4) is 0 Å². The Kier molecular flexibility index (Phi) is 5.33. The number of hydrogen-bond acceptors (Lipinski definition) is 5. The van der Waals surface area contributed by atoms with Crippen LogP contribution in [0.4, 0.5) is 10.8 Å². The van der Waals surface area contributed by atoms with Crippen molar-refractivity contribution in [2.75, 3.05) is 30.4 Å². The third-order valence-corrected chi connectivity index (χ3v) is 5.23. The van der Waals surface area contributed by atoms with Crippen molar-refractivity contribution in [3.05, 3.63) is 41.4 Å². The Hall–Kier alpha value is -2.41. The normalized spacial score (nSPS) is 15.0. The number of carbonyl (C=O) groups excluding carboxylic acids is 2. The molecule has 0 unspecified atom stereocenters. The van der Waals surface area contributed by atoms with Crippen LogP contribution in [0.15, 0.2) is 35.7 Å². The average molecular weight is 358 g/mol. The van der Waals surface area contributed by atoms with E-state index >= 15 is 0 Å². The lowest BCUT2D eigenvalue weighted by molar-refractivity contribution is -0.114. The fourth-order valence-corrected chi connectivity index (χ4v) is 3.80. The number of thiazole rings is 1. The Morgan fingerprint density at radius 2 is 1.92 bits per heavy atom. The van der Waals surface area contributed by atoms with E-state index in [-0.39, 0.29) is 11.8 Å². The van der Waals surface area contributed by atoms with Crippen molar-refractivity contribution in [1.29, 1.82) is 0 Å². The number of rotatable bonds is 4. The van der Waals surface area contributed by atoms with Crippen molar-refractivity contribution in [3.63, 3.8) is 0 Å². The van der Waals surface area contributed by atoms with Crippen molar-refractivity contribution >= 4 is 34.0 Å². The number of para-hydroxylation sites is 1. The monoisotopic (exact) mass is 358 g/mol. The Morgan fingerprint density at radius 1 is 1.24 bits per heavy atom. The number of hydrogen-bond donors (Lipinski definition) is 1. The van der Waals surface area contributed by atoms with Gasteiger partial charge in [0.25, 0.3) is 5.91 Å². The quantitative estimate of drug-likeness (QED) is 0.913. The van der Waals surface area contributed by atoms with Gasteiger partial charge in [-0.2, -0.15) is 0 Å². The van der Waals surface area contributed by atoms with Crippen LogP contribution in [0.5, 0.6) is 0 Å². The topological polar surface area (TPSA) is 65.5 Å². The highest BCUT2D eigenvalue weighted by Gasteiger charge is 2.27. The van der Waals surface area contributed by atoms with Crippen molar-refractivity contribution in [2.24, 2.45) is 0 Å². The van der Waals surface area contributed by atoms with Crippen LogP contribution in [0.25, 0.3) is 0 Å². The molecule has 0 atom stereocenters. The average Bonchev–Trinajstić information content (AvgIpc) is 3.09. The van der Waals surface area contributed by atoms with Crippen LogP contribution in [-0.4, -0.2) is 47.9 Å². The van der Waals surface area contributed by atoms with Gasteiger partial charge in [0.15, 0.2) is 5.13 Å². The van der Waals surface area contributed by atoms with E-state index < -0.39 is 0 Å². The number of piperidine rings is 1. The molecule has 2 aromatic rings. The molecule has 2 amide bonds. The van der Waals surface area contributed by atoms with Gasteiger partial charge >= 0.3 is 0 Å². The van der Waals surface area contributed by atoms with Crippen LogP contribution < -0.4 is 10.2 Å². The van der Waals surface area contributed by atoms with Crippen LogP contribution in [0.1, 0.15) is 30.3 Å². The molecule has 1 N–H and O–H groups in total. The fourth-order valence-electron chi connectivity index (χ4n) is 3.07. The van der Waals surface area contributed by atoms with E-state index in [4.69, 9.17) is 0 Å². The first-order chi connectivity index (χ1) is 12.0. The van der Waals surface area contributed by atoms with Gasteiger partial charge in [0.05, 0.1) is 0 Å². The van der Waals surface area contributed by atoms with Crippen LogP contribution in [-0.2, 0) is 4.79 Å². The summed E-state index contributed by atoms with van der Waals surface area (Å²) in [7, 11) is 2.11. The maximum Gasteiger partial charge on any atom is 0.273 e. The number of aromatic nitrogens is 1. The summed E-state index contributed by atoms with van der Waals surface area (Å²) in [6.45, 7) is 2.86. The van der Waals surface area contributed by atoms with E-state index in [0.717, 1.165) is 12.8 Å². The lowest BCUT2D eigenvalue weighted by Gasteiger charge is -2.37. The van der Waals surface area contributed by atoms with Crippen molar-refractivity contribution in [2.45, 2.75) is 25.8 Å². The van der Waals surface area contributed by atoms with E-state index in [1.54, 1.807) is 5.38 Å². The zero-order chi connectivity index (χ0) is 17.8. The summed E-state index contributed by atoms with van der Waals surface area (Å²) in [5.74, 6) is -0.244. The summed E-state index contributed by atoms with van der Waals surface area (Å²) >= 11 is 1.27. The lowest BCUT2D eigenvalue weighted by atomic mass is 10.0. The number of benzene rings is 1. The van der Waals surface area contributed by atoms with E-state index in [0.29, 0.717) is 30.0 Å². The largest absolute Gasteiger partial charge is 0.371 e. The minimum absolute atomic E-state index is 0.0614. The molecular formula is C18H22N4O2S. The van der Waals surface area contributed by atoms with Gasteiger partial charge in [0.1, 0.15) is 5.69 Å². The minimum atomic E-state index is -0.182. The van der Waals surface area contributed by atoms with Gasteiger partial charge in [0, 0.05) is 44.2 Å². The number of likely N-dealkylation sites (tertiary alicyclic amines) is 1. The first-order valence-electron chi connectivity index (χ1n) is 8.35. The Labute approximate surface area is 151 Å². The minimum Gasteiger partial charge on any atom is -0.371 e. The molecule has 2 heterocycles. The standard InChI is InChI=1S/C18H22N4O2S/c1-13(23)19-18-20-16(12-25-18)17(24)22-10-8-15(9-11-22)21(2)14-6-4-3-5-7-14/h3-7,12,15H,8-11H2,1-2H3,(H,19,20,23). The zero-order valence-corrected chi connectivity index (χ0v) is 15.3. The Balaban J connectivity index is 1.57. The second kappa shape index (κ2) is 7.65. The molecule has 0 bridgehead atoms. The van der Waals surface area contributed by atoms with Crippen LogP contribution in [0.2, 0.25) is 0 Å². The summed E-state index contributed by atoms with van der Waals surface area (Å²) in [5.41, 5.74) is 1.61.